The van der Waals surface area contributed by atoms with Gasteiger partial charge in [-0.15, -0.1) is 0 Å². The Bertz CT molecular complexity index is 1280. The van der Waals surface area contributed by atoms with Gasteiger partial charge in [0.05, 0.1) is 20.8 Å². The highest BCUT2D eigenvalue weighted by Gasteiger charge is 2.30. The first-order chi connectivity index (χ1) is 16.4. The molecule has 0 atom stereocenters. The van der Waals surface area contributed by atoms with Crippen LogP contribution in [0.3, 0.4) is 0 Å². The third-order valence-corrected chi connectivity index (χ3v) is 6.98. The van der Waals surface area contributed by atoms with Crippen LogP contribution in [0.2, 0.25) is 0 Å². The summed E-state index contributed by atoms with van der Waals surface area (Å²) in [5.74, 6) is 1.07. The van der Waals surface area contributed by atoms with Crippen LogP contribution in [0.25, 0.3) is 0 Å². The molecule has 34 heavy (non-hydrogen) atoms. The average molecular weight is 485 g/mol. The van der Waals surface area contributed by atoms with Gasteiger partial charge < -0.3 is 24.3 Å². The second-order valence-corrected chi connectivity index (χ2v) is 9.30. The Hall–Kier alpha value is -3.76. The Balaban J connectivity index is 1.63. The number of nitrogens with one attached hydrogen (secondary N) is 1. The molecule has 0 aliphatic carbocycles. The molecule has 10 heteroatoms. The largest absolute Gasteiger partial charge is 0.497 e. The van der Waals surface area contributed by atoms with Crippen molar-refractivity contribution in [2.75, 3.05) is 32.9 Å². The fraction of sp³-hybridized carbons (Fsp3) is 0.208. The lowest BCUT2D eigenvalue weighted by Crippen LogP contribution is -2.37. The summed E-state index contributed by atoms with van der Waals surface area (Å²) in [6.45, 7) is -0.331. The molecular formula is C24H24N2O7S. The van der Waals surface area contributed by atoms with Crippen LogP contribution >= 0.6 is 0 Å². The Labute approximate surface area is 197 Å². The summed E-state index contributed by atoms with van der Waals surface area (Å²) < 4.78 is 49.6. The first kappa shape index (κ1) is 23.4. The van der Waals surface area contributed by atoms with Crippen molar-refractivity contribution >= 4 is 21.6 Å². The summed E-state index contributed by atoms with van der Waals surface area (Å²) in [6.07, 6.45) is 0. The molecule has 1 heterocycles. The normalized spacial score (nSPS) is 12.4. The van der Waals surface area contributed by atoms with E-state index in [0.717, 1.165) is 9.87 Å². The van der Waals surface area contributed by atoms with Crippen LogP contribution in [0, 0.1) is 0 Å². The molecule has 0 radical (unpaired) electrons. The molecule has 0 aromatic heterocycles. The number of anilines is 1. The molecule has 0 bridgehead atoms. The van der Waals surface area contributed by atoms with E-state index in [1.807, 2.05) is 6.07 Å². The first-order valence-corrected chi connectivity index (χ1v) is 11.8. The summed E-state index contributed by atoms with van der Waals surface area (Å²) in [5, 5.41) is 2.73. The third-order valence-electron chi connectivity index (χ3n) is 5.17. The van der Waals surface area contributed by atoms with Gasteiger partial charge >= 0.3 is 0 Å². The fourth-order valence-corrected chi connectivity index (χ4v) is 5.03. The predicted molar refractivity (Wildman–Crippen MR) is 125 cm³/mol. The van der Waals surface area contributed by atoms with Crippen LogP contribution < -0.4 is 24.3 Å². The van der Waals surface area contributed by atoms with Crippen molar-refractivity contribution in [3.8, 4) is 23.0 Å². The highest BCUT2D eigenvalue weighted by atomic mass is 32.2. The summed E-state index contributed by atoms with van der Waals surface area (Å²) in [4.78, 5) is 12.8. The highest BCUT2D eigenvalue weighted by Crippen LogP contribution is 2.34. The quantitative estimate of drug-likeness (QED) is 0.497. The zero-order chi connectivity index (χ0) is 24.1. The lowest BCUT2D eigenvalue weighted by atomic mass is 10.2. The van der Waals surface area contributed by atoms with Crippen molar-refractivity contribution in [1.82, 2.24) is 4.31 Å². The van der Waals surface area contributed by atoms with Gasteiger partial charge in [-0.3, -0.25) is 4.79 Å². The van der Waals surface area contributed by atoms with Crippen LogP contribution in [0.1, 0.15) is 5.56 Å². The fourth-order valence-electron chi connectivity index (χ4n) is 3.47. The molecule has 1 aliphatic heterocycles. The maximum Gasteiger partial charge on any atom is 0.247 e. The lowest BCUT2D eigenvalue weighted by Gasteiger charge is -2.23. The van der Waals surface area contributed by atoms with E-state index in [1.165, 1.54) is 26.4 Å². The standard InChI is InChI=1S/C24H24N2O7S/c1-30-19-9-11-21(31-2)23(13-19)34(28,29)26(14-17-6-4-3-5-7-17)15-24(27)25-18-8-10-20-22(12-18)33-16-32-20/h3-13H,14-16H2,1-2H3,(H,25,27). The van der Waals surface area contributed by atoms with Gasteiger partial charge in [-0.05, 0) is 29.8 Å². The maximum atomic E-state index is 13.7. The first-order valence-electron chi connectivity index (χ1n) is 10.4. The minimum absolute atomic E-state index is 0.0158. The second kappa shape index (κ2) is 10.0. The van der Waals surface area contributed by atoms with Gasteiger partial charge in [0.25, 0.3) is 0 Å². The Kier molecular flexibility index (Phi) is 6.90. The monoisotopic (exact) mass is 484 g/mol. The van der Waals surface area contributed by atoms with E-state index in [-0.39, 0.29) is 24.0 Å². The van der Waals surface area contributed by atoms with E-state index in [9.17, 15) is 13.2 Å². The summed E-state index contributed by atoms with van der Waals surface area (Å²) in [5.41, 5.74) is 1.19. The third kappa shape index (κ3) is 5.08. The molecular weight excluding hydrogens is 460 g/mol. The van der Waals surface area contributed by atoms with Crippen LogP contribution in [0.4, 0.5) is 5.69 Å². The van der Waals surface area contributed by atoms with Crippen molar-refractivity contribution < 1.29 is 32.2 Å². The topological polar surface area (TPSA) is 103 Å². The molecule has 1 amide bonds. The number of benzene rings is 3. The van der Waals surface area contributed by atoms with Crippen LogP contribution in [-0.2, 0) is 21.4 Å². The number of ether oxygens (including phenoxy) is 4. The molecule has 0 fully saturated rings. The smallest absolute Gasteiger partial charge is 0.247 e. The van der Waals surface area contributed by atoms with E-state index >= 15 is 0 Å². The molecule has 9 nitrogen and oxygen atoms in total. The number of amides is 1. The predicted octanol–water partition coefficient (Wildman–Crippen LogP) is 3.26. The van der Waals surface area contributed by atoms with E-state index in [1.54, 1.807) is 48.5 Å². The zero-order valence-corrected chi connectivity index (χ0v) is 19.5. The van der Waals surface area contributed by atoms with Crippen LogP contribution in [0.5, 0.6) is 23.0 Å². The lowest BCUT2D eigenvalue weighted by molar-refractivity contribution is -0.116. The molecule has 1 aliphatic rings. The molecule has 178 valence electrons. The van der Waals surface area contributed by atoms with Crippen LogP contribution in [-0.4, -0.2) is 46.2 Å². The van der Waals surface area contributed by atoms with Crippen molar-refractivity contribution in [1.29, 1.82) is 0 Å². The number of hydrogen-bond acceptors (Lipinski definition) is 7. The van der Waals surface area contributed by atoms with Gasteiger partial charge in [-0.25, -0.2) is 8.42 Å². The molecule has 0 saturated carbocycles. The summed E-state index contributed by atoms with van der Waals surface area (Å²) in [7, 11) is -1.32. The molecule has 0 unspecified atom stereocenters. The highest BCUT2D eigenvalue weighted by molar-refractivity contribution is 7.89. The molecule has 0 saturated heterocycles. The molecule has 0 spiro atoms. The minimum Gasteiger partial charge on any atom is -0.497 e. The van der Waals surface area contributed by atoms with E-state index in [4.69, 9.17) is 18.9 Å². The van der Waals surface area contributed by atoms with Crippen molar-refractivity contribution in [3.63, 3.8) is 0 Å². The minimum atomic E-state index is -4.15. The number of nitrogens with zero attached hydrogens (tertiary/aromatic N) is 1. The number of carbonyl (C=O) groups is 1. The second-order valence-electron chi connectivity index (χ2n) is 7.39. The van der Waals surface area contributed by atoms with Crippen molar-refractivity contribution in [2.45, 2.75) is 11.4 Å². The Morgan fingerprint density at radius 1 is 0.971 bits per heavy atom. The molecule has 3 aromatic carbocycles. The van der Waals surface area contributed by atoms with E-state index in [0.29, 0.717) is 22.9 Å². The van der Waals surface area contributed by atoms with Crippen molar-refractivity contribution in [3.05, 3.63) is 72.3 Å². The SMILES string of the molecule is COc1ccc(OC)c(S(=O)(=O)N(CC(=O)Nc2ccc3c(c2)OCO3)Cc2ccccc2)c1. The number of sulfonamides is 1. The van der Waals surface area contributed by atoms with E-state index < -0.39 is 22.5 Å². The number of hydrogen-bond donors (Lipinski definition) is 1. The number of rotatable bonds is 9. The maximum absolute atomic E-state index is 13.7. The van der Waals surface area contributed by atoms with Gasteiger partial charge in [0.15, 0.2) is 11.5 Å². The summed E-state index contributed by atoms with van der Waals surface area (Å²) in [6, 6.07) is 18.5. The zero-order valence-electron chi connectivity index (χ0n) is 18.7. The Morgan fingerprint density at radius 2 is 1.74 bits per heavy atom. The summed E-state index contributed by atoms with van der Waals surface area (Å²) >= 11 is 0. The number of fused-ring (bicyclic) bond motifs is 1. The molecule has 4 rings (SSSR count). The number of carbonyl (C=O) groups excluding carboxylic acids is 1. The van der Waals surface area contributed by atoms with Gasteiger partial charge in [0, 0.05) is 24.4 Å². The Morgan fingerprint density at radius 3 is 2.47 bits per heavy atom. The van der Waals surface area contributed by atoms with Gasteiger partial charge in [-0.2, -0.15) is 4.31 Å². The number of methoxy groups -OCH3 is 2. The molecule has 1 N–H and O–H groups in total. The van der Waals surface area contributed by atoms with Gasteiger partial charge in [0.1, 0.15) is 16.4 Å². The van der Waals surface area contributed by atoms with Gasteiger partial charge in [-0.1, -0.05) is 30.3 Å². The van der Waals surface area contributed by atoms with Crippen molar-refractivity contribution in [2.24, 2.45) is 0 Å². The average Bonchev–Trinajstić information content (AvgIpc) is 3.31. The molecule has 3 aromatic rings. The van der Waals surface area contributed by atoms with Crippen LogP contribution in [0.15, 0.2) is 71.6 Å². The van der Waals surface area contributed by atoms with E-state index in [2.05, 4.69) is 5.32 Å². The van der Waals surface area contributed by atoms with Gasteiger partial charge in [0.2, 0.25) is 22.7 Å².